The Morgan fingerprint density at radius 2 is 2.13 bits per heavy atom. The second kappa shape index (κ2) is 8.32. The highest BCUT2D eigenvalue weighted by molar-refractivity contribution is 6.07. The summed E-state index contributed by atoms with van der Waals surface area (Å²) in [6.45, 7) is 2.29. The minimum absolute atomic E-state index is 0.0284. The number of carbonyl (C=O) groups excluding carboxylic acids is 3. The number of aromatic amines is 1. The molecule has 9 heteroatoms. The Hall–Kier alpha value is -3.75. The van der Waals surface area contributed by atoms with Crippen LogP contribution in [0.1, 0.15) is 41.4 Å². The van der Waals surface area contributed by atoms with Crippen LogP contribution >= 0.6 is 0 Å². The average molecular weight is 407 g/mol. The number of aromatic nitrogens is 3. The van der Waals surface area contributed by atoms with Crippen molar-refractivity contribution in [2.24, 2.45) is 0 Å². The van der Waals surface area contributed by atoms with E-state index >= 15 is 0 Å². The largest absolute Gasteiger partial charge is 0.486 e. The SMILES string of the molecule is CCCC(=O)Nc1c[nH]c2c(C(=O)NCc3ccc4c(c3)CC(=O)CO4)ncnc12. The summed E-state index contributed by atoms with van der Waals surface area (Å²) in [6.07, 6.45) is 4.37. The number of carbonyl (C=O) groups is 3. The molecule has 9 nitrogen and oxygen atoms in total. The van der Waals surface area contributed by atoms with Crippen LogP contribution in [0.5, 0.6) is 5.75 Å². The summed E-state index contributed by atoms with van der Waals surface area (Å²) in [5.41, 5.74) is 3.30. The van der Waals surface area contributed by atoms with Crippen LogP contribution in [0.2, 0.25) is 0 Å². The summed E-state index contributed by atoms with van der Waals surface area (Å²) in [5.74, 6) is 0.241. The van der Waals surface area contributed by atoms with E-state index in [1.165, 1.54) is 6.33 Å². The molecule has 4 rings (SSSR count). The van der Waals surface area contributed by atoms with Crippen LogP contribution in [0.15, 0.2) is 30.7 Å². The maximum absolute atomic E-state index is 12.7. The van der Waals surface area contributed by atoms with Gasteiger partial charge >= 0.3 is 0 Å². The van der Waals surface area contributed by atoms with Gasteiger partial charge in [0.15, 0.2) is 11.5 Å². The Morgan fingerprint density at radius 1 is 1.27 bits per heavy atom. The standard InChI is InChI=1S/C21H21N5O4/c1-2-3-17(28)26-15-9-22-19-18(15)24-11-25-20(19)21(29)23-8-12-4-5-16-13(6-12)7-14(27)10-30-16/h4-6,9,11,22H,2-3,7-8,10H2,1H3,(H,23,29)(H,26,28). The molecule has 0 saturated carbocycles. The number of anilines is 1. The maximum atomic E-state index is 12.7. The third-order valence-electron chi connectivity index (χ3n) is 4.78. The predicted molar refractivity (Wildman–Crippen MR) is 109 cm³/mol. The lowest BCUT2D eigenvalue weighted by atomic mass is 10.0. The van der Waals surface area contributed by atoms with Crippen molar-refractivity contribution in [1.82, 2.24) is 20.3 Å². The molecule has 0 radical (unpaired) electrons. The monoisotopic (exact) mass is 407 g/mol. The zero-order chi connectivity index (χ0) is 21.1. The van der Waals surface area contributed by atoms with E-state index < -0.39 is 0 Å². The Bertz CT molecular complexity index is 1140. The predicted octanol–water partition coefficient (Wildman–Crippen LogP) is 2.13. The van der Waals surface area contributed by atoms with E-state index in [2.05, 4.69) is 25.6 Å². The summed E-state index contributed by atoms with van der Waals surface area (Å²) >= 11 is 0. The van der Waals surface area contributed by atoms with Crippen molar-refractivity contribution in [3.05, 3.63) is 47.5 Å². The van der Waals surface area contributed by atoms with Gasteiger partial charge in [-0.25, -0.2) is 9.97 Å². The Morgan fingerprint density at radius 3 is 2.97 bits per heavy atom. The van der Waals surface area contributed by atoms with Gasteiger partial charge in [0.05, 0.1) is 11.2 Å². The first-order valence-corrected chi connectivity index (χ1v) is 9.71. The van der Waals surface area contributed by atoms with Crippen LogP contribution in [0.25, 0.3) is 11.0 Å². The van der Waals surface area contributed by atoms with Crippen LogP contribution in [0.4, 0.5) is 5.69 Å². The van der Waals surface area contributed by atoms with Gasteiger partial charge in [0.25, 0.3) is 5.91 Å². The summed E-state index contributed by atoms with van der Waals surface area (Å²) in [6, 6.07) is 5.52. The first-order valence-electron chi connectivity index (χ1n) is 9.71. The van der Waals surface area contributed by atoms with Crippen LogP contribution in [0.3, 0.4) is 0 Å². The topological polar surface area (TPSA) is 126 Å². The zero-order valence-electron chi connectivity index (χ0n) is 16.4. The van der Waals surface area contributed by atoms with Gasteiger partial charge in [0.2, 0.25) is 5.91 Å². The van der Waals surface area contributed by atoms with E-state index in [0.29, 0.717) is 35.3 Å². The third kappa shape index (κ3) is 4.00. The zero-order valence-corrected chi connectivity index (χ0v) is 16.4. The van der Waals surface area contributed by atoms with Crippen molar-refractivity contribution in [2.75, 3.05) is 11.9 Å². The van der Waals surface area contributed by atoms with Crippen molar-refractivity contribution in [2.45, 2.75) is 32.7 Å². The molecule has 154 valence electrons. The molecule has 2 aromatic heterocycles. The van der Waals surface area contributed by atoms with E-state index in [4.69, 9.17) is 4.74 Å². The van der Waals surface area contributed by atoms with E-state index in [-0.39, 0.29) is 36.4 Å². The Labute approximate surface area is 172 Å². The molecule has 0 bridgehead atoms. The van der Waals surface area contributed by atoms with Gasteiger partial charge in [0.1, 0.15) is 24.2 Å². The van der Waals surface area contributed by atoms with Crippen molar-refractivity contribution >= 4 is 34.3 Å². The van der Waals surface area contributed by atoms with E-state index in [0.717, 1.165) is 17.5 Å². The van der Waals surface area contributed by atoms with Gasteiger partial charge in [-0.2, -0.15) is 0 Å². The molecule has 0 spiro atoms. The fourth-order valence-electron chi connectivity index (χ4n) is 3.36. The number of fused-ring (bicyclic) bond motifs is 2. The first-order chi connectivity index (χ1) is 14.5. The minimum Gasteiger partial charge on any atom is -0.486 e. The molecule has 1 aliphatic heterocycles. The molecule has 30 heavy (non-hydrogen) atoms. The van der Waals surface area contributed by atoms with Crippen molar-refractivity contribution in [3.63, 3.8) is 0 Å². The van der Waals surface area contributed by atoms with Crippen LogP contribution < -0.4 is 15.4 Å². The number of hydrogen-bond acceptors (Lipinski definition) is 6. The molecular formula is C21H21N5O4. The fourth-order valence-corrected chi connectivity index (χ4v) is 3.36. The van der Waals surface area contributed by atoms with Crippen molar-refractivity contribution < 1.29 is 19.1 Å². The Kier molecular flexibility index (Phi) is 5.42. The van der Waals surface area contributed by atoms with Crippen LogP contribution in [-0.2, 0) is 22.6 Å². The summed E-state index contributed by atoms with van der Waals surface area (Å²) < 4.78 is 5.39. The normalized spacial score (nSPS) is 12.9. The quantitative estimate of drug-likeness (QED) is 0.575. The summed E-state index contributed by atoms with van der Waals surface area (Å²) in [5, 5.41) is 5.62. The molecule has 1 aromatic carbocycles. The molecule has 0 aliphatic carbocycles. The Balaban J connectivity index is 1.49. The molecule has 3 N–H and O–H groups in total. The van der Waals surface area contributed by atoms with Gasteiger partial charge in [-0.15, -0.1) is 0 Å². The van der Waals surface area contributed by atoms with Crippen molar-refractivity contribution in [3.8, 4) is 5.75 Å². The summed E-state index contributed by atoms with van der Waals surface area (Å²) in [4.78, 5) is 47.4. The van der Waals surface area contributed by atoms with Crippen LogP contribution in [-0.4, -0.2) is 39.2 Å². The van der Waals surface area contributed by atoms with Crippen LogP contribution in [0, 0.1) is 0 Å². The second-order valence-corrected chi connectivity index (χ2v) is 7.08. The molecule has 0 fully saturated rings. The number of nitrogens with one attached hydrogen (secondary N) is 3. The maximum Gasteiger partial charge on any atom is 0.272 e. The number of rotatable bonds is 6. The number of amides is 2. The molecule has 2 amide bonds. The van der Waals surface area contributed by atoms with Gasteiger partial charge in [0, 0.05) is 31.1 Å². The number of ether oxygens (including phenoxy) is 1. The first kappa shape index (κ1) is 19.6. The number of benzene rings is 1. The lowest BCUT2D eigenvalue weighted by Gasteiger charge is -2.17. The molecule has 3 heterocycles. The van der Waals surface area contributed by atoms with Gasteiger partial charge in [-0.1, -0.05) is 13.0 Å². The van der Waals surface area contributed by atoms with Gasteiger partial charge in [-0.05, 0) is 24.1 Å². The lowest BCUT2D eigenvalue weighted by molar-refractivity contribution is -0.121. The van der Waals surface area contributed by atoms with E-state index in [1.54, 1.807) is 6.20 Å². The smallest absolute Gasteiger partial charge is 0.272 e. The minimum atomic E-state index is -0.374. The fraction of sp³-hybridized carbons (Fsp3) is 0.286. The number of Topliss-reactive ketones (excluding diaryl/α,β-unsaturated/α-hetero) is 1. The molecular weight excluding hydrogens is 386 g/mol. The molecule has 1 aliphatic rings. The third-order valence-corrected chi connectivity index (χ3v) is 4.78. The highest BCUT2D eigenvalue weighted by atomic mass is 16.5. The second-order valence-electron chi connectivity index (χ2n) is 7.08. The summed E-state index contributed by atoms with van der Waals surface area (Å²) in [7, 11) is 0. The highest BCUT2D eigenvalue weighted by Gasteiger charge is 2.19. The number of hydrogen-bond donors (Lipinski definition) is 3. The van der Waals surface area contributed by atoms with E-state index in [9.17, 15) is 14.4 Å². The van der Waals surface area contributed by atoms with Gasteiger partial charge < -0.3 is 20.4 Å². The number of ketones is 1. The van der Waals surface area contributed by atoms with E-state index in [1.807, 2.05) is 25.1 Å². The highest BCUT2D eigenvalue weighted by Crippen LogP contribution is 2.25. The molecule has 0 unspecified atom stereocenters. The molecule has 0 saturated heterocycles. The lowest BCUT2D eigenvalue weighted by Crippen LogP contribution is -2.25. The van der Waals surface area contributed by atoms with Gasteiger partial charge in [-0.3, -0.25) is 14.4 Å². The molecule has 3 aromatic rings. The molecule has 0 atom stereocenters. The van der Waals surface area contributed by atoms with Crippen molar-refractivity contribution in [1.29, 1.82) is 0 Å². The number of nitrogens with zero attached hydrogens (tertiary/aromatic N) is 2. The number of H-pyrrole nitrogens is 1. The average Bonchev–Trinajstić information content (AvgIpc) is 3.14.